The predicted molar refractivity (Wildman–Crippen MR) is 99.7 cm³/mol. The molecule has 0 spiro atoms. The molecule has 29 heavy (non-hydrogen) atoms. The van der Waals surface area contributed by atoms with Crippen molar-refractivity contribution in [1.82, 2.24) is 10.6 Å². The molecule has 0 aliphatic rings. The highest BCUT2D eigenvalue weighted by Crippen LogP contribution is 2.25. The second-order valence-corrected chi connectivity index (χ2v) is 5.62. The van der Waals surface area contributed by atoms with Gasteiger partial charge in [0.2, 0.25) is 0 Å². The highest BCUT2D eigenvalue weighted by atomic mass is 19.3. The highest BCUT2D eigenvalue weighted by Gasteiger charge is 2.13. The lowest BCUT2D eigenvalue weighted by Crippen LogP contribution is -2.36. The number of ether oxygens (including phenoxy) is 3. The quantitative estimate of drug-likeness (QED) is 0.371. The molecule has 0 aromatic heterocycles. The summed E-state index contributed by atoms with van der Waals surface area (Å²) < 4.78 is 64.3. The van der Waals surface area contributed by atoms with Crippen molar-refractivity contribution in [2.24, 2.45) is 4.99 Å². The monoisotopic (exact) mass is 415 g/mol. The zero-order chi connectivity index (χ0) is 21.2. The van der Waals surface area contributed by atoms with Crippen molar-refractivity contribution in [3.05, 3.63) is 53.6 Å². The molecule has 0 heterocycles. The van der Waals surface area contributed by atoms with Gasteiger partial charge in [-0.05, 0) is 24.3 Å². The Hall–Kier alpha value is -3.17. The molecule has 10 heteroatoms. The molecule has 6 nitrogen and oxygen atoms in total. The highest BCUT2D eigenvalue weighted by molar-refractivity contribution is 5.79. The van der Waals surface area contributed by atoms with E-state index >= 15 is 0 Å². The van der Waals surface area contributed by atoms with Crippen molar-refractivity contribution in [2.45, 2.75) is 26.3 Å². The molecule has 0 atom stereocenters. The van der Waals surface area contributed by atoms with Crippen LogP contribution in [0.1, 0.15) is 11.1 Å². The van der Waals surface area contributed by atoms with Crippen molar-refractivity contribution in [2.75, 3.05) is 14.2 Å². The fourth-order valence-corrected chi connectivity index (χ4v) is 2.47. The van der Waals surface area contributed by atoms with Crippen LogP contribution in [0.5, 0.6) is 17.2 Å². The van der Waals surface area contributed by atoms with Gasteiger partial charge in [0, 0.05) is 31.3 Å². The molecule has 0 aliphatic heterocycles. The molecule has 0 bridgehead atoms. The lowest BCUT2D eigenvalue weighted by Gasteiger charge is -2.16. The lowest BCUT2D eigenvalue weighted by molar-refractivity contribution is -0.0511. The Balaban J connectivity index is 2.03. The molecule has 2 N–H and O–H groups in total. The van der Waals surface area contributed by atoms with Gasteiger partial charge in [-0.3, -0.25) is 4.99 Å². The van der Waals surface area contributed by atoms with Gasteiger partial charge in [-0.25, -0.2) is 0 Å². The van der Waals surface area contributed by atoms with Crippen LogP contribution < -0.4 is 24.8 Å². The molecule has 2 aromatic carbocycles. The number of hydrogen-bond donors (Lipinski definition) is 2. The number of benzene rings is 2. The largest absolute Gasteiger partial charge is 0.497 e. The van der Waals surface area contributed by atoms with Gasteiger partial charge in [0.05, 0.1) is 7.11 Å². The van der Waals surface area contributed by atoms with Gasteiger partial charge in [0.15, 0.2) is 5.96 Å². The van der Waals surface area contributed by atoms with Crippen LogP contribution in [-0.4, -0.2) is 33.3 Å². The third-order valence-electron chi connectivity index (χ3n) is 3.79. The first-order chi connectivity index (χ1) is 13.9. The number of methoxy groups -OCH3 is 1. The topological polar surface area (TPSA) is 64.1 Å². The first-order valence-electron chi connectivity index (χ1n) is 8.52. The van der Waals surface area contributed by atoms with Crippen LogP contribution in [0.25, 0.3) is 0 Å². The van der Waals surface area contributed by atoms with Crippen LogP contribution in [0.3, 0.4) is 0 Å². The maximum atomic E-state index is 12.6. The number of para-hydroxylation sites is 1. The number of hydrogen-bond acceptors (Lipinski definition) is 4. The van der Waals surface area contributed by atoms with Crippen LogP contribution in [0.4, 0.5) is 17.6 Å². The van der Waals surface area contributed by atoms with Crippen LogP contribution in [0.15, 0.2) is 47.5 Å². The van der Waals surface area contributed by atoms with E-state index in [2.05, 4.69) is 25.1 Å². The molecule has 0 unspecified atom stereocenters. The summed E-state index contributed by atoms with van der Waals surface area (Å²) in [6, 6.07) is 10.8. The van der Waals surface area contributed by atoms with Crippen LogP contribution >= 0.6 is 0 Å². The Morgan fingerprint density at radius 3 is 2.07 bits per heavy atom. The van der Waals surface area contributed by atoms with E-state index in [-0.39, 0.29) is 24.6 Å². The van der Waals surface area contributed by atoms with Crippen molar-refractivity contribution in [3.63, 3.8) is 0 Å². The summed E-state index contributed by atoms with van der Waals surface area (Å²) in [6.07, 6.45) is 0. The lowest BCUT2D eigenvalue weighted by atomic mass is 10.2. The van der Waals surface area contributed by atoms with Gasteiger partial charge in [-0.1, -0.05) is 18.2 Å². The fraction of sp³-hybridized carbons (Fsp3) is 0.316. The molecule has 0 saturated carbocycles. The molecule has 0 saturated heterocycles. The summed E-state index contributed by atoms with van der Waals surface area (Å²) >= 11 is 0. The number of guanidine groups is 1. The van der Waals surface area contributed by atoms with E-state index in [1.54, 1.807) is 24.3 Å². The second-order valence-electron chi connectivity index (χ2n) is 5.62. The number of nitrogens with one attached hydrogen (secondary N) is 2. The zero-order valence-electron chi connectivity index (χ0n) is 15.8. The molecule has 0 radical (unpaired) electrons. The summed E-state index contributed by atoms with van der Waals surface area (Å²) in [5.74, 6) is 0.845. The van der Waals surface area contributed by atoms with Crippen LogP contribution in [0, 0.1) is 0 Å². The van der Waals surface area contributed by atoms with Crippen LogP contribution in [-0.2, 0) is 13.1 Å². The molecule has 0 fully saturated rings. The fourth-order valence-electron chi connectivity index (χ4n) is 2.47. The summed E-state index contributed by atoms with van der Waals surface area (Å²) in [7, 11) is 2.97. The maximum Gasteiger partial charge on any atom is 0.387 e. The number of aliphatic imine (C=N–C) groups is 1. The summed E-state index contributed by atoms with van der Waals surface area (Å²) in [5, 5.41) is 5.90. The van der Waals surface area contributed by atoms with Gasteiger partial charge >= 0.3 is 13.2 Å². The van der Waals surface area contributed by atoms with E-state index in [4.69, 9.17) is 4.74 Å². The summed E-state index contributed by atoms with van der Waals surface area (Å²) in [4.78, 5) is 4.03. The summed E-state index contributed by atoms with van der Waals surface area (Å²) in [5.41, 5.74) is 0.924. The molecule has 158 valence electrons. The zero-order valence-corrected chi connectivity index (χ0v) is 15.8. The Labute approximate surface area is 165 Å². The van der Waals surface area contributed by atoms with E-state index in [0.29, 0.717) is 22.8 Å². The molecular formula is C19H21F4N3O3. The van der Waals surface area contributed by atoms with Gasteiger partial charge < -0.3 is 24.8 Å². The van der Waals surface area contributed by atoms with Crippen molar-refractivity contribution < 1.29 is 31.8 Å². The molecule has 0 amide bonds. The Morgan fingerprint density at radius 2 is 1.48 bits per heavy atom. The van der Waals surface area contributed by atoms with Crippen molar-refractivity contribution in [3.8, 4) is 17.2 Å². The van der Waals surface area contributed by atoms with E-state index in [0.717, 1.165) is 0 Å². The number of nitrogens with zero attached hydrogens (tertiary/aromatic N) is 1. The molecule has 0 aliphatic carbocycles. The molecule has 2 aromatic rings. The first kappa shape index (κ1) is 22.1. The number of rotatable bonds is 9. The van der Waals surface area contributed by atoms with Gasteiger partial charge in [0.1, 0.15) is 17.2 Å². The van der Waals surface area contributed by atoms with Gasteiger partial charge in [0.25, 0.3) is 0 Å². The minimum atomic E-state index is -2.97. The Bertz CT molecular complexity index is 819. The minimum Gasteiger partial charge on any atom is -0.497 e. The number of halogens is 4. The van der Waals surface area contributed by atoms with Crippen LogP contribution in [0.2, 0.25) is 0 Å². The summed E-state index contributed by atoms with van der Waals surface area (Å²) in [6.45, 7) is -5.64. The average Bonchev–Trinajstić information content (AvgIpc) is 2.69. The molecular weight excluding hydrogens is 394 g/mol. The first-order valence-corrected chi connectivity index (χ1v) is 8.52. The Morgan fingerprint density at radius 1 is 0.897 bits per heavy atom. The SMILES string of the molecule is CN=C(NCc1ccccc1OC(F)F)NCc1cc(OC)ccc1OC(F)F. The third-order valence-corrected chi connectivity index (χ3v) is 3.79. The normalized spacial score (nSPS) is 11.5. The standard InChI is InChI=1S/C19H21F4N3O3/c1-24-19(25-10-12-5-3-4-6-15(12)28-17(20)21)26-11-13-9-14(27-2)7-8-16(13)29-18(22)23/h3-9,17-18H,10-11H2,1-2H3,(H2,24,25,26). The van der Waals surface area contributed by atoms with Gasteiger partial charge in [-0.2, -0.15) is 17.6 Å². The van der Waals surface area contributed by atoms with E-state index in [1.165, 1.54) is 32.4 Å². The third kappa shape index (κ3) is 7.05. The van der Waals surface area contributed by atoms with E-state index in [9.17, 15) is 17.6 Å². The van der Waals surface area contributed by atoms with Crippen molar-refractivity contribution in [1.29, 1.82) is 0 Å². The molecule has 2 rings (SSSR count). The average molecular weight is 415 g/mol. The predicted octanol–water partition coefficient (Wildman–Crippen LogP) is 3.76. The second kappa shape index (κ2) is 11.0. The Kier molecular flexibility index (Phi) is 8.38. The smallest absolute Gasteiger partial charge is 0.387 e. The van der Waals surface area contributed by atoms with Crippen molar-refractivity contribution >= 4 is 5.96 Å². The van der Waals surface area contributed by atoms with Gasteiger partial charge in [-0.15, -0.1) is 0 Å². The maximum absolute atomic E-state index is 12.6. The van der Waals surface area contributed by atoms with E-state index < -0.39 is 13.2 Å². The number of alkyl halides is 4. The van der Waals surface area contributed by atoms with E-state index in [1.807, 2.05) is 0 Å². The minimum absolute atomic E-state index is 0.000526.